The number of carbonyl (C=O) groups is 2. The number of ether oxygens (including phenoxy) is 1. The minimum Gasteiger partial charge on any atom is -0.475 e. The van der Waals surface area contributed by atoms with Crippen LogP contribution >= 0.6 is 0 Å². The maximum Gasteiger partial charge on any atom is 0.490 e. The molecule has 0 unspecified atom stereocenters. The lowest BCUT2D eigenvalue weighted by Crippen LogP contribution is -2.42. The molecule has 2 aliphatic rings. The number of halogens is 3. The van der Waals surface area contributed by atoms with Gasteiger partial charge in [-0.05, 0) is 24.5 Å². The molecule has 12 heteroatoms. The SMILES string of the molecule is O=C(C1CCCCC1)N1CCn2nnc(COCc3cccnc3)c2C1.O=C(O)C(F)(F)F. The van der Waals surface area contributed by atoms with E-state index in [0.29, 0.717) is 32.2 Å². The average Bonchev–Trinajstić information content (AvgIpc) is 3.22. The van der Waals surface area contributed by atoms with Gasteiger partial charge < -0.3 is 14.7 Å². The second kappa shape index (κ2) is 11.2. The highest BCUT2D eigenvalue weighted by Crippen LogP contribution is 2.27. The standard InChI is InChI=1S/C19H25N5O2.C2HF3O2/c25-19(16-6-2-1-3-7-16)23-9-10-24-18(12-23)17(21-22-24)14-26-13-15-5-4-8-20-11-15;3-2(4,5)1(6)7/h4-5,8,11,16H,1-3,6-7,9-10,12-14H2;(H,6,7). The molecule has 0 radical (unpaired) electrons. The first-order valence-electron chi connectivity index (χ1n) is 10.7. The Morgan fingerprint density at radius 1 is 1.15 bits per heavy atom. The van der Waals surface area contributed by atoms with Crippen LogP contribution in [0.4, 0.5) is 13.2 Å². The molecule has 1 saturated carbocycles. The molecule has 2 aromatic heterocycles. The normalized spacial score (nSPS) is 16.5. The van der Waals surface area contributed by atoms with E-state index in [9.17, 15) is 18.0 Å². The molecule has 4 rings (SSSR count). The van der Waals surface area contributed by atoms with Gasteiger partial charge >= 0.3 is 12.1 Å². The number of aromatic nitrogens is 4. The molecule has 0 atom stereocenters. The van der Waals surface area contributed by atoms with Crippen LogP contribution in [0, 0.1) is 5.92 Å². The summed E-state index contributed by atoms with van der Waals surface area (Å²) in [6, 6.07) is 3.88. The van der Waals surface area contributed by atoms with Gasteiger partial charge in [0.1, 0.15) is 5.69 Å². The number of carboxylic acids is 1. The Kier molecular flexibility index (Phi) is 8.37. The summed E-state index contributed by atoms with van der Waals surface area (Å²) in [5, 5.41) is 15.6. The number of fused-ring (bicyclic) bond motifs is 1. The number of carboxylic acid groups (broad SMARTS) is 1. The van der Waals surface area contributed by atoms with Crippen molar-refractivity contribution in [2.45, 2.75) is 64.6 Å². The largest absolute Gasteiger partial charge is 0.490 e. The van der Waals surface area contributed by atoms with Crippen molar-refractivity contribution in [3.8, 4) is 0 Å². The van der Waals surface area contributed by atoms with Crippen molar-refractivity contribution in [3.05, 3.63) is 41.5 Å². The van der Waals surface area contributed by atoms with Crippen LogP contribution in [0.25, 0.3) is 0 Å². The zero-order chi connectivity index (χ0) is 23.8. The molecule has 0 bridgehead atoms. The monoisotopic (exact) mass is 469 g/mol. The molecular formula is C21H26F3N5O4. The number of nitrogens with zero attached hydrogens (tertiary/aromatic N) is 5. The van der Waals surface area contributed by atoms with E-state index < -0.39 is 12.1 Å². The van der Waals surface area contributed by atoms with Gasteiger partial charge in [-0.3, -0.25) is 9.78 Å². The fourth-order valence-electron chi connectivity index (χ4n) is 3.85. The van der Waals surface area contributed by atoms with Crippen LogP contribution in [-0.4, -0.2) is 54.6 Å². The van der Waals surface area contributed by atoms with E-state index >= 15 is 0 Å². The average molecular weight is 469 g/mol. The third kappa shape index (κ3) is 6.98. The number of hydrogen-bond donors (Lipinski definition) is 1. The highest BCUT2D eigenvalue weighted by Gasteiger charge is 2.38. The fourth-order valence-corrected chi connectivity index (χ4v) is 3.85. The molecule has 33 heavy (non-hydrogen) atoms. The lowest BCUT2D eigenvalue weighted by Gasteiger charge is -2.32. The molecule has 0 spiro atoms. The molecule has 1 aliphatic heterocycles. The van der Waals surface area contributed by atoms with Gasteiger partial charge in [-0.2, -0.15) is 13.2 Å². The van der Waals surface area contributed by atoms with Crippen molar-refractivity contribution in [2.24, 2.45) is 5.92 Å². The molecular weight excluding hydrogens is 443 g/mol. The number of amides is 1. The molecule has 1 N–H and O–H groups in total. The summed E-state index contributed by atoms with van der Waals surface area (Å²) >= 11 is 0. The summed E-state index contributed by atoms with van der Waals surface area (Å²) < 4.78 is 39.4. The van der Waals surface area contributed by atoms with E-state index in [1.165, 1.54) is 19.3 Å². The second-order valence-electron chi connectivity index (χ2n) is 7.96. The lowest BCUT2D eigenvalue weighted by atomic mass is 9.88. The maximum absolute atomic E-state index is 12.8. The summed E-state index contributed by atoms with van der Waals surface area (Å²) in [4.78, 5) is 27.8. The zero-order valence-electron chi connectivity index (χ0n) is 18.0. The molecule has 180 valence electrons. The number of alkyl halides is 3. The molecule has 9 nitrogen and oxygen atoms in total. The van der Waals surface area contributed by atoms with Gasteiger partial charge in [0, 0.05) is 24.9 Å². The third-order valence-electron chi connectivity index (χ3n) is 5.58. The molecule has 1 amide bonds. The summed E-state index contributed by atoms with van der Waals surface area (Å²) in [5.74, 6) is -2.25. The fraction of sp³-hybridized carbons (Fsp3) is 0.571. The van der Waals surface area contributed by atoms with E-state index in [0.717, 1.165) is 36.3 Å². The van der Waals surface area contributed by atoms with E-state index in [1.807, 2.05) is 21.7 Å². The van der Waals surface area contributed by atoms with Crippen LogP contribution < -0.4 is 0 Å². The Balaban J connectivity index is 0.000000383. The van der Waals surface area contributed by atoms with Crippen LogP contribution in [0.3, 0.4) is 0 Å². The van der Waals surface area contributed by atoms with Crippen LogP contribution in [0.2, 0.25) is 0 Å². The smallest absolute Gasteiger partial charge is 0.475 e. The minimum atomic E-state index is -5.08. The van der Waals surface area contributed by atoms with Crippen LogP contribution in [0.1, 0.15) is 49.1 Å². The quantitative estimate of drug-likeness (QED) is 0.717. The maximum atomic E-state index is 12.8. The highest BCUT2D eigenvalue weighted by atomic mass is 19.4. The Morgan fingerprint density at radius 2 is 1.88 bits per heavy atom. The topological polar surface area (TPSA) is 110 Å². The van der Waals surface area contributed by atoms with Crippen molar-refractivity contribution >= 4 is 11.9 Å². The summed E-state index contributed by atoms with van der Waals surface area (Å²) in [6.07, 6.45) is 4.15. The van der Waals surface area contributed by atoms with Gasteiger partial charge in [0.15, 0.2) is 0 Å². The Labute approximate surface area is 188 Å². The lowest BCUT2D eigenvalue weighted by molar-refractivity contribution is -0.192. The Bertz CT molecular complexity index is 930. The number of hydrogen-bond acceptors (Lipinski definition) is 6. The molecule has 0 saturated heterocycles. The van der Waals surface area contributed by atoms with Gasteiger partial charge in [-0.15, -0.1) is 5.10 Å². The predicted octanol–water partition coefficient (Wildman–Crippen LogP) is 2.95. The summed E-state index contributed by atoms with van der Waals surface area (Å²) in [7, 11) is 0. The predicted molar refractivity (Wildman–Crippen MR) is 108 cm³/mol. The molecule has 3 heterocycles. The first kappa shape index (κ1) is 24.6. The number of rotatable bonds is 5. The van der Waals surface area contributed by atoms with E-state index in [1.54, 1.807) is 12.4 Å². The van der Waals surface area contributed by atoms with Gasteiger partial charge in [0.05, 0.1) is 32.0 Å². The molecule has 0 aromatic carbocycles. The second-order valence-corrected chi connectivity index (χ2v) is 7.96. The van der Waals surface area contributed by atoms with Gasteiger partial charge in [0.25, 0.3) is 0 Å². The number of aliphatic carboxylic acids is 1. The van der Waals surface area contributed by atoms with Crippen LogP contribution in [0.5, 0.6) is 0 Å². The van der Waals surface area contributed by atoms with Crippen LogP contribution in [0.15, 0.2) is 24.5 Å². The molecule has 1 fully saturated rings. The minimum absolute atomic E-state index is 0.205. The molecule has 1 aliphatic carbocycles. The van der Waals surface area contributed by atoms with Crippen molar-refractivity contribution in [1.29, 1.82) is 0 Å². The number of carbonyl (C=O) groups excluding carboxylic acids is 1. The van der Waals surface area contributed by atoms with E-state index in [2.05, 4.69) is 15.3 Å². The van der Waals surface area contributed by atoms with Gasteiger partial charge in [-0.25, -0.2) is 9.48 Å². The highest BCUT2D eigenvalue weighted by molar-refractivity contribution is 5.79. The Hall–Kier alpha value is -3.02. The first-order chi connectivity index (χ1) is 15.8. The van der Waals surface area contributed by atoms with Crippen molar-refractivity contribution < 1.29 is 32.6 Å². The van der Waals surface area contributed by atoms with E-state index in [4.69, 9.17) is 14.6 Å². The van der Waals surface area contributed by atoms with Crippen molar-refractivity contribution in [2.75, 3.05) is 6.54 Å². The first-order valence-corrected chi connectivity index (χ1v) is 10.7. The summed E-state index contributed by atoms with van der Waals surface area (Å²) in [6.45, 7) is 2.92. The van der Waals surface area contributed by atoms with Crippen LogP contribution in [-0.2, 0) is 40.6 Å². The number of pyridine rings is 1. The molecule has 2 aromatic rings. The third-order valence-corrected chi connectivity index (χ3v) is 5.58. The van der Waals surface area contributed by atoms with Crippen molar-refractivity contribution in [3.63, 3.8) is 0 Å². The van der Waals surface area contributed by atoms with Crippen molar-refractivity contribution in [1.82, 2.24) is 24.9 Å². The van der Waals surface area contributed by atoms with Gasteiger partial charge in [0.2, 0.25) is 5.91 Å². The van der Waals surface area contributed by atoms with Gasteiger partial charge in [-0.1, -0.05) is 30.5 Å². The Morgan fingerprint density at radius 3 is 2.52 bits per heavy atom. The van der Waals surface area contributed by atoms with E-state index in [-0.39, 0.29) is 5.92 Å². The summed E-state index contributed by atoms with van der Waals surface area (Å²) in [5.41, 5.74) is 2.87. The zero-order valence-corrected chi connectivity index (χ0v) is 18.0.